The largest absolute Gasteiger partial charge is 0.497 e. The second-order valence-corrected chi connectivity index (χ2v) is 7.51. The fraction of sp³-hybridized carbons (Fsp3) is 0.364. The number of nitrogens with two attached hydrogens (primary N) is 1. The molecule has 1 aliphatic rings. The molecule has 0 amide bonds. The van der Waals surface area contributed by atoms with Gasteiger partial charge in [0.2, 0.25) is 5.88 Å². The molecule has 2 heterocycles. The Morgan fingerprint density at radius 2 is 2.00 bits per heavy atom. The molecule has 1 aromatic heterocycles. The number of rotatable bonds is 6. The van der Waals surface area contributed by atoms with Crippen molar-refractivity contribution in [1.82, 2.24) is 4.57 Å². The van der Waals surface area contributed by atoms with Crippen molar-refractivity contribution < 1.29 is 19.1 Å². The summed E-state index contributed by atoms with van der Waals surface area (Å²) >= 11 is 0. The van der Waals surface area contributed by atoms with Crippen molar-refractivity contribution in [3.63, 3.8) is 0 Å². The number of pyridine rings is 1. The van der Waals surface area contributed by atoms with E-state index < -0.39 is 5.92 Å². The predicted octanol–water partition coefficient (Wildman–Crippen LogP) is 0.537. The number of hydrogen-bond donors (Lipinski definition) is 2. The third-order valence-electron chi connectivity index (χ3n) is 5.27. The van der Waals surface area contributed by atoms with Crippen LogP contribution >= 0.6 is 0 Å². The average molecular weight is 411 g/mol. The molecule has 0 bridgehead atoms. The van der Waals surface area contributed by atoms with Crippen molar-refractivity contribution in [2.45, 2.75) is 19.4 Å². The molecule has 2 aromatic rings. The summed E-state index contributed by atoms with van der Waals surface area (Å²) in [6.45, 7) is 3.18. The van der Waals surface area contributed by atoms with Crippen LogP contribution in [0.5, 0.6) is 17.2 Å². The molecule has 8 nitrogen and oxygen atoms in total. The molecule has 1 atom stereocenters. The highest BCUT2D eigenvalue weighted by Gasteiger charge is 2.36. The lowest BCUT2D eigenvalue weighted by Gasteiger charge is -2.28. The number of quaternary nitrogens is 1. The van der Waals surface area contributed by atoms with E-state index in [0.717, 1.165) is 12.2 Å². The number of nitrogens with one attached hydrogen (secondary N) is 1. The van der Waals surface area contributed by atoms with Crippen LogP contribution in [0.1, 0.15) is 22.7 Å². The molecule has 0 saturated carbocycles. The van der Waals surface area contributed by atoms with Gasteiger partial charge >= 0.3 is 0 Å². The maximum Gasteiger partial charge on any atom is 0.258 e. The predicted molar refractivity (Wildman–Crippen MR) is 112 cm³/mol. The Morgan fingerprint density at radius 3 is 2.60 bits per heavy atom. The van der Waals surface area contributed by atoms with Crippen LogP contribution < -0.4 is 30.4 Å². The first-order valence-corrected chi connectivity index (χ1v) is 9.65. The number of nitrogens with zero attached hydrogens (tertiary/aromatic N) is 2. The molecule has 0 aliphatic carbocycles. The summed E-state index contributed by atoms with van der Waals surface area (Å²) in [5.74, 6) is 0.721. The van der Waals surface area contributed by atoms with E-state index in [2.05, 4.69) is 6.07 Å². The van der Waals surface area contributed by atoms with E-state index in [0.29, 0.717) is 34.9 Å². The van der Waals surface area contributed by atoms with Gasteiger partial charge in [-0.1, -0.05) is 0 Å². The lowest BCUT2D eigenvalue weighted by molar-refractivity contribution is -0.858. The number of aryl methyl sites for hydroxylation is 1. The number of benzene rings is 1. The second-order valence-electron chi connectivity index (χ2n) is 7.51. The molecule has 0 fully saturated rings. The van der Waals surface area contributed by atoms with Gasteiger partial charge in [-0.3, -0.25) is 4.79 Å². The van der Waals surface area contributed by atoms with E-state index >= 15 is 0 Å². The molecule has 3 rings (SSSR count). The van der Waals surface area contributed by atoms with E-state index in [1.807, 2.05) is 21.0 Å². The summed E-state index contributed by atoms with van der Waals surface area (Å²) in [4.78, 5) is 14.8. The summed E-state index contributed by atoms with van der Waals surface area (Å²) in [5.41, 5.74) is 7.79. The fourth-order valence-corrected chi connectivity index (χ4v) is 3.68. The van der Waals surface area contributed by atoms with Gasteiger partial charge in [-0.2, -0.15) is 5.26 Å². The number of ether oxygens (including phenoxy) is 3. The summed E-state index contributed by atoms with van der Waals surface area (Å²) in [6, 6.07) is 9.18. The van der Waals surface area contributed by atoms with Crippen molar-refractivity contribution in [3.05, 3.63) is 62.9 Å². The lowest BCUT2D eigenvalue weighted by Crippen LogP contribution is -3.06. The smallest absolute Gasteiger partial charge is 0.258 e. The van der Waals surface area contributed by atoms with Gasteiger partial charge in [0.15, 0.2) is 0 Å². The van der Waals surface area contributed by atoms with Gasteiger partial charge in [0.05, 0.1) is 52.9 Å². The van der Waals surface area contributed by atoms with Gasteiger partial charge in [-0.15, -0.1) is 0 Å². The normalized spacial score (nSPS) is 15.4. The average Bonchev–Trinajstić information content (AvgIpc) is 2.71. The zero-order chi connectivity index (χ0) is 22.0. The van der Waals surface area contributed by atoms with E-state index in [1.54, 1.807) is 35.9 Å². The number of fused-ring (bicyclic) bond motifs is 1. The number of nitriles is 1. The maximum atomic E-state index is 13.6. The minimum atomic E-state index is -0.727. The third-order valence-corrected chi connectivity index (χ3v) is 5.27. The monoisotopic (exact) mass is 411 g/mol. The molecule has 158 valence electrons. The fourth-order valence-electron chi connectivity index (χ4n) is 3.68. The summed E-state index contributed by atoms with van der Waals surface area (Å²) in [7, 11) is 7.16. The zero-order valence-electron chi connectivity index (χ0n) is 17.9. The number of aromatic nitrogens is 1. The quantitative estimate of drug-likeness (QED) is 0.719. The van der Waals surface area contributed by atoms with Crippen LogP contribution in [0, 0.1) is 18.3 Å². The Bertz CT molecular complexity index is 1100. The van der Waals surface area contributed by atoms with Crippen molar-refractivity contribution in [3.8, 4) is 23.3 Å². The van der Waals surface area contributed by atoms with Crippen molar-refractivity contribution in [2.24, 2.45) is 5.73 Å². The van der Waals surface area contributed by atoms with Crippen LogP contribution in [-0.2, 0) is 6.54 Å². The number of hydrogen-bond acceptors (Lipinski definition) is 6. The number of allylic oxidation sites excluding steroid dienone is 1. The van der Waals surface area contributed by atoms with E-state index in [9.17, 15) is 10.1 Å². The lowest BCUT2D eigenvalue weighted by atomic mass is 9.83. The standard InChI is InChI=1S/C22H26N4O4/c1-13-10-18-20(22(27)26(13)9-8-25(2)3)19(16(12-23)21(24)30-18)15-11-14(28-4)6-7-17(15)29-5/h6-7,10-11,19H,8-9,24H2,1-5H3/p+1/t19-/m0/s1. The summed E-state index contributed by atoms with van der Waals surface area (Å²) in [5, 5.41) is 9.85. The zero-order valence-corrected chi connectivity index (χ0v) is 17.9. The van der Waals surface area contributed by atoms with Crippen LogP contribution in [0.4, 0.5) is 0 Å². The Balaban J connectivity index is 2.31. The highest BCUT2D eigenvalue weighted by molar-refractivity contribution is 5.59. The van der Waals surface area contributed by atoms with Crippen LogP contribution in [0.25, 0.3) is 0 Å². The SMILES string of the molecule is COc1ccc(OC)c([C@H]2C(C#N)=C(N)Oc3cc(C)n(CC[NH+](C)C)c(=O)c32)c1. The number of likely N-dealkylation sites (N-methyl/N-ethyl adjacent to an activating group) is 1. The highest BCUT2D eigenvalue weighted by Crippen LogP contribution is 2.44. The maximum absolute atomic E-state index is 13.6. The minimum absolute atomic E-state index is 0.0193. The van der Waals surface area contributed by atoms with Gasteiger partial charge in [-0.25, -0.2) is 0 Å². The van der Waals surface area contributed by atoms with Gasteiger partial charge < -0.3 is 29.4 Å². The first-order valence-electron chi connectivity index (χ1n) is 9.65. The van der Waals surface area contributed by atoms with E-state index in [-0.39, 0.29) is 17.0 Å². The second kappa shape index (κ2) is 8.51. The van der Waals surface area contributed by atoms with Gasteiger partial charge in [0, 0.05) is 17.3 Å². The van der Waals surface area contributed by atoms with Gasteiger partial charge in [-0.05, 0) is 25.1 Å². The topological polar surface area (TPSA) is 104 Å². The number of methoxy groups -OCH3 is 2. The van der Waals surface area contributed by atoms with Crippen molar-refractivity contribution in [1.29, 1.82) is 5.26 Å². The molecular weight excluding hydrogens is 384 g/mol. The summed E-state index contributed by atoms with van der Waals surface area (Å²) < 4.78 is 18.3. The van der Waals surface area contributed by atoms with Gasteiger partial charge in [0.1, 0.15) is 28.9 Å². The van der Waals surface area contributed by atoms with Crippen molar-refractivity contribution in [2.75, 3.05) is 34.9 Å². The molecule has 0 spiro atoms. The molecule has 8 heteroatoms. The molecule has 0 unspecified atom stereocenters. The highest BCUT2D eigenvalue weighted by atomic mass is 16.5. The molecule has 1 aliphatic heterocycles. The van der Waals surface area contributed by atoms with Crippen LogP contribution in [-0.4, -0.2) is 39.4 Å². The van der Waals surface area contributed by atoms with Crippen LogP contribution in [0.15, 0.2) is 40.5 Å². The third kappa shape index (κ3) is 3.72. The summed E-state index contributed by atoms with van der Waals surface area (Å²) in [6.07, 6.45) is 0. The van der Waals surface area contributed by atoms with Crippen molar-refractivity contribution >= 4 is 0 Å². The first kappa shape index (κ1) is 21.3. The van der Waals surface area contributed by atoms with Crippen LogP contribution in [0.2, 0.25) is 0 Å². The Morgan fingerprint density at radius 1 is 1.27 bits per heavy atom. The Labute approximate surface area is 175 Å². The Kier molecular flexibility index (Phi) is 6.04. The molecule has 0 radical (unpaired) electrons. The molecule has 30 heavy (non-hydrogen) atoms. The first-order chi connectivity index (χ1) is 14.3. The molecular formula is C22H27N4O4+. The van der Waals surface area contributed by atoms with Gasteiger partial charge in [0.25, 0.3) is 5.56 Å². The van der Waals surface area contributed by atoms with Crippen LogP contribution in [0.3, 0.4) is 0 Å². The van der Waals surface area contributed by atoms with E-state index in [4.69, 9.17) is 19.9 Å². The minimum Gasteiger partial charge on any atom is -0.497 e. The molecule has 0 saturated heterocycles. The molecule has 3 N–H and O–H groups in total. The molecule has 1 aromatic carbocycles. The van der Waals surface area contributed by atoms with E-state index in [1.165, 1.54) is 12.0 Å². The Hall–Kier alpha value is -3.44.